The van der Waals surface area contributed by atoms with Crippen LogP contribution in [0.2, 0.25) is 0 Å². The Hall–Kier alpha value is -2.37. The number of aromatic nitrogens is 1. The molecular weight excluding hydrogens is 320 g/mol. The van der Waals surface area contributed by atoms with Crippen molar-refractivity contribution >= 4 is 10.0 Å². The summed E-state index contributed by atoms with van der Waals surface area (Å²) >= 11 is 0. The molecule has 0 N–H and O–H groups in total. The van der Waals surface area contributed by atoms with Crippen LogP contribution in [0.4, 0.5) is 0 Å². The van der Waals surface area contributed by atoms with Crippen LogP contribution in [0.15, 0.2) is 78.0 Å². The highest BCUT2D eigenvalue weighted by Gasteiger charge is 2.16. The largest absolute Gasteiger partial charge is 0.305 e. The summed E-state index contributed by atoms with van der Waals surface area (Å²) in [5.74, 6) is 0. The van der Waals surface area contributed by atoms with Crippen molar-refractivity contribution in [1.29, 1.82) is 0 Å². The summed E-state index contributed by atoms with van der Waals surface area (Å²) in [5, 5.41) is 0. The molecule has 5 heteroatoms. The molecule has 0 saturated carbocycles. The predicted molar refractivity (Wildman–Crippen MR) is 96.3 cm³/mol. The van der Waals surface area contributed by atoms with Crippen molar-refractivity contribution in [2.75, 3.05) is 14.1 Å². The molecule has 0 amide bonds. The summed E-state index contributed by atoms with van der Waals surface area (Å²) in [6.07, 6.45) is 3.08. The van der Waals surface area contributed by atoms with Gasteiger partial charge in [-0.2, -0.15) is 0 Å². The van der Waals surface area contributed by atoms with Gasteiger partial charge in [-0.05, 0) is 55.1 Å². The topological polar surface area (TPSA) is 42.3 Å². The minimum Gasteiger partial charge on any atom is -0.305 e. The van der Waals surface area contributed by atoms with Gasteiger partial charge in [0, 0.05) is 18.9 Å². The molecule has 124 valence electrons. The zero-order valence-electron chi connectivity index (χ0n) is 13.8. The summed E-state index contributed by atoms with van der Waals surface area (Å²) in [6, 6.07) is 18.6. The summed E-state index contributed by atoms with van der Waals surface area (Å²) in [6.45, 7) is 0.877. The average molecular weight is 340 g/mol. The summed E-state index contributed by atoms with van der Waals surface area (Å²) in [7, 11) is 0.522. The van der Waals surface area contributed by atoms with Gasteiger partial charge >= 0.3 is 0 Å². The smallest absolute Gasteiger partial charge is 0.267 e. The van der Waals surface area contributed by atoms with Crippen molar-refractivity contribution in [3.05, 3.63) is 78.6 Å². The van der Waals surface area contributed by atoms with Gasteiger partial charge in [0.15, 0.2) is 0 Å². The maximum atomic E-state index is 12.6. The van der Waals surface area contributed by atoms with Crippen molar-refractivity contribution in [3.8, 4) is 11.1 Å². The van der Waals surface area contributed by atoms with Crippen LogP contribution in [0.3, 0.4) is 0 Å². The van der Waals surface area contributed by atoms with Gasteiger partial charge in [0.1, 0.15) is 0 Å². The molecule has 1 aromatic heterocycles. The molecule has 0 atom stereocenters. The Balaban J connectivity index is 1.94. The first-order valence-electron chi connectivity index (χ1n) is 7.69. The second kappa shape index (κ2) is 6.63. The molecule has 0 aliphatic heterocycles. The normalized spacial score (nSPS) is 11.8. The number of hydrogen-bond donors (Lipinski definition) is 0. The third kappa shape index (κ3) is 3.42. The Morgan fingerprint density at radius 1 is 0.875 bits per heavy atom. The standard InChI is InChI=1S/C19H20N2O2S/c1-20(2)15-16-8-10-17(11-9-16)18-6-5-7-19(14-18)24(22,23)21-12-3-4-13-21/h3-14H,15H2,1-2H3. The molecular formula is C19H20N2O2S. The molecule has 3 rings (SSSR count). The van der Waals surface area contributed by atoms with Crippen LogP contribution in [0.5, 0.6) is 0 Å². The minimum absolute atomic E-state index is 0.286. The summed E-state index contributed by atoms with van der Waals surface area (Å²) in [4.78, 5) is 2.40. The number of rotatable bonds is 5. The average Bonchev–Trinajstić information content (AvgIpc) is 3.10. The molecule has 4 nitrogen and oxygen atoms in total. The summed E-state index contributed by atoms with van der Waals surface area (Å²) in [5.41, 5.74) is 3.11. The van der Waals surface area contributed by atoms with E-state index < -0.39 is 10.0 Å². The molecule has 24 heavy (non-hydrogen) atoms. The molecule has 0 fully saturated rings. The highest BCUT2D eigenvalue weighted by atomic mass is 32.2. The van der Waals surface area contributed by atoms with E-state index in [2.05, 4.69) is 17.0 Å². The molecule has 2 aromatic carbocycles. The van der Waals surface area contributed by atoms with Gasteiger partial charge in [-0.15, -0.1) is 0 Å². The quantitative estimate of drug-likeness (QED) is 0.714. The molecule has 0 radical (unpaired) electrons. The van der Waals surface area contributed by atoms with Crippen molar-refractivity contribution < 1.29 is 8.42 Å². The highest BCUT2D eigenvalue weighted by molar-refractivity contribution is 7.90. The first kappa shape index (κ1) is 16.5. The van der Waals surface area contributed by atoms with E-state index in [0.29, 0.717) is 0 Å². The molecule has 0 aliphatic carbocycles. The second-order valence-corrected chi connectivity index (χ2v) is 7.82. The van der Waals surface area contributed by atoms with E-state index in [-0.39, 0.29) is 4.90 Å². The van der Waals surface area contributed by atoms with Gasteiger partial charge < -0.3 is 4.90 Å². The van der Waals surface area contributed by atoms with E-state index in [1.165, 1.54) is 21.9 Å². The van der Waals surface area contributed by atoms with E-state index >= 15 is 0 Å². The van der Waals surface area contributed by atoms with Gasteiger partial charge in [-0.3, -0.25) is 0 Å². The van der Waals surface area contributed by atoms with E-state index in [9.17, 15) is 8.42 Å². The molecule has 0 saturated heterocycles. The van der Waals surface area contributed by atoms with Gasteiger partial charge in [-0.1, -0.05) is 36.4 Å². The minimum atomic E-state index is -3.54. The van der Waals surface area contributed by atoms with Crippen LogP contribution in [-0.2, 0) is 16.6 Å². The van der Waals surface area contributed by atoms with Crippen LogP contribution in [-0.4, -0.2) is 31.4 Å². The summed E-state index contributed by atoms with van der Waals surface area (Å²) < 4.78 is 26.5. The lowest BCUT2D eigenvalue weighted by atomic mass is 10.0. The van der Waals surface area contributed by atoms with Crippen molar-refractivity contribution in [2.24, 2.45) is 0 Å². The van der Waals surface area contributed by atoms with Crippen molar-refractivity contribution in [3.63, 3.8) is 0 Å². The maximum absolute atomic E-state index is 12.6. The maximum Gasteiger partial charge on any atom is 0.267 e. The second-order valence-electron chi connectivity index (χ2n) is 5.98. The predicted octanol–water partition coefficient (Wildman–Crippen LogP) is 3.45. The molecule has 1 heterocycles. The Labute approximate surface area is 143 Å². The Morgan fingerprint density at radius 3 is 2.17 bits per heavy atom. The fraction of sp³-hybridized carbons (Fsp3) is 0.158. The molecule has 3 aromatic rings. The Kier molecular flexibility index (Phi) is 4.55. The first-order chi connectivity index (χ1) is 11.5. The third-order valence-corrected chi connectivity index (χ3v) is 5.42. The number of nitrogens with zero attached hydrogens (tertiary/aromatic N) is 2. The lowest BCUT2D eigenvalue weighted by Crippen LogP contribution is -2.10. The van der Waals surface area contributed by atoms with E-state index in [0.717, 1.165) is 17.7 Å². The van der Waals surface area contributed by atoms with Gasteiger partial charge in [0.25, 0.3) is 10.0 Å². The molecule has 0 bridgehead atoms. The highest BCUT2D eigenvalue weighted by Crippen LogP contribution is 2.24. The van der Waals surface area contributed by atoms with Gasteiger partial charge in [0.05, 0.1) is 4.90 Å². The van der Waals surface area contributed by atoms with Crippen LogP contribution < -0.4 is 0 Å². The Bertz CT molecular complexity index is 912. The van der Waals surface area contributed by atoms with Crippen LogP contribution in [0.25, 0.3) is 11.1 Å². The molecule has 0 unspecified atom stereocenters. The van der Waals surface area contributed by atoms with Crippen LogP contribution in [0.1, 0.15) is 5.56 Å². The van der Waals surface area contributed by atoms with Crippen molar-refractivity contribution in [2.45, 2.75) is 11.4 Å². The number of benzene rings is 2. The van der Waals surface area contributed by atoms with Crippen molar-refractivity contribution in [1.82, 2.24) is 8.87 Å². The van der Waals surface area contributed by atoms with Crippen LogP contribution in [0, 0.1) is 0 Å². The zero-order chi connectivity index (χ0) is 17.2. The van der Waals surface area contributed by atoms with E-state index in [1.54, 1.807) is 30.3 Å². The Morgan fingerprint density at radius 2 is 1.54 bits per heavy atom. The first-order valence-corrected chi connectivity index (χ1v) is 9.13. The third-order valence-electron chi connectivity index (χ3n) is 3.77. The monoisotopic (exact) mass is 340 g/mol. The molecule has 0 spiro atoms. The molecule has 0 aliphatic rings. The number of hydrogen-bond acceptors (Lipinski definition) is 3. The zero-order valence-corrected chi connectivity index (χ0v) is 14.6. The fourth-order valence-corrected chi connectivity index (χ4v) is 3.84. The SMILES string of the molecule is CN(C)Cc1ccc(-c2cccc(S(=O)(=O)n3cccc3)c2)cc1. The van der Waals surface area contributed by atoms with E-state index in [1.807, 2.05) is 32.3 Å². The lowest BCUT2D eigenvalue weighted by Gasteiger charge is -2.11. The van der Waals surface area contributed by atoms with E-state index in [4.69, 9.17) is 0 Å². The van der Waals surface area contributed by atoms with Gasteiger partial charge in [-0.25, -0.2) is 12.4 Å². The van der Waals surface area contributed by atoms with Crippen LogP contribution >= 0.6 is 0 Å². The van der Waals surface area contributed by atoms with Gasteiger partial charge in [0.2, 0.25) is 0 Å². The lowest BCUT2D eigenvalue weighted by molar-refractivity contribution is 0.402. The fourth-order valence-electron chi connectivity index (χ4n) is 2.60.